The summed E-state index contributed by atoms with van der Waals surface area (Å²) in [6.07, 6.45) is 0. The molecule has 3 heterocycles. The molecule has 0 aliphatic heterocycles. The summed E-state index contributed by atoms with van der Waals surface area (Å²) in [7, 11) is 0. The van der Waals surface area contributed by atoms with Gasteiger partial charge in [-0.25, -0.2) is 0 Å². The van der Waals surface area contributed by atoms with Crippen molar-refractivity contribution in [1.82, 2.24) is 4.57 Å². The van der Waals surface area contributed by atoms with Gasteiger partial charge in [-0.15, -0.1) is 11.3 Å². The third kappa shape index (κ3) is 4.75. The van der Waals surface area contributed by atoms with Crippen molar-refractivity contribution < 1.29 is 4.42 Å². The molecule has 0 amide bonds. The van der Waals surface area contributed by atoms with Crippen LogP contribution in [0.4, 0.5) is 0 Å². The topological polar surface area (TPSA) is 18.1 Å². The lowest BCUT2D eigenvalue weighted by Gasteiger charge is -2.23. The SMILES string of the molecule is CC1(C)c2cc(-n3c4ccc(-c5ccc(-c6ccccc6)cc5)cc4c4cc(-c5cccc6c5oc5ccccc56)ccc43)ccc2-c2ccc3sc4ccccc4c3c21. The van der Waals surface area contributed by atoms with Crippen LogP contribution in [0.5, 0.6) is 0 Å². The molecule has 0 spiro atoms. The summed E-state index contributed by atoms with van der Waals surface area (Å²) in [5.74, 6) is 0. The van der Waals surface area contributed by atoms with Gasteiger partial charge in [-0.2, -0.15) is 0 Å². The second-order valence-corrected chi connectivity index (χ2v) is 17.9. The van der Waals surface area contributed by atoms with Gasteiger partial charge in [0.2, 0.25) is 0 Å². The molecule has 0 fully saturated rings. The Hall–Kier alpha value is -7.20. The van der Waals surface area contributed by atoms with Crippen LogP contribution in [0.3, 0.4) is 0 Å². The minimum Gasteiger partial charge on any atom is -0.455 e. The quantitative estimate of drug-likeness (QED) is 0.174. The van der Waals surface area contributed by atoms with Gasteiger partial charge >= 0.3 is 0 Å². The Morgan fingerprint density at radius 1 is 0.433 bits per heavy atom. The summed E-state index contributed by atoms with van der Waals surface area (Å²) in [5, 5.41) is 7.49. The maximum atomic E-state index is 6.56. The number of thiophene rings is 1. The molecule has 3 heteroatoms. The van der Waals surface area contributed by atoms with Crippen molar-refractivity contribution in [2.45, 2.75) is 19.3 Å². The molecule has 0 saturated carbocycles. The van der Waals surface area contributed by atoms with Gasteiger partial charge in [0.15, 0.2) is 0 Å². The predicted octanol–water partition coefficient (Wildman–Crippen LogP) is 16.4. The number of hydrogen-bond acceptors (Lipinski definition) is 2. The predicted molar refractivity (Wildman–Crippen MR) is 255 cm³/mol. The first-order valence-electron chi connectivity index (χ1n) is 20.7. The minimum absolute atomic E-state index is 0.180. The zero-order valence-electron chi connectivity index (χ0n) is 33.2. The van der Waals surface area contributed by atoms with Crippen LogP contribution in [-0.4, -0.2) is 4.57 Å². The average Bonchev–Trinajstić information content (AvgIpc) is 4.02. The number of furan rings is 1. The van der Waals surface area contributed by atoms with Gasteiger partial charge in [-0.3, -0.25) is 0 Å². The minimum atomic E-state index is -0.180. The average molecular weight is 784 g/mol. The fraction of sp³-hybridized carbons (Fsp3) is 0.0526. The molecule has 0 unspecified atom stereocenters. The summed E-state index contributed by atoms with van der Waals surface area (Å²) < 4.78 is 11.7. The monoisotopic (exact) mass is 783 g/mol. The first kappa shape index (κ1) is 33.7. The molecule has 60 heavy (non-hydrogen) atoms. The fourth-order valence-corrected chi connectivity index (χ4v) is 11.5. The number of aromatic nitrogens is 1. The molecule has 13 rings (SSSR count). The molecular formula is C57H37NOS. The van der Waals surface area contributed by atoms with Crippen molar-refractivity contribution in [3.05, 3.63) is 199 Å². The summed E-state index contributed by atoms with van der Waals surface area (Å²) in [4.78, 5) is 0. The Bertz CT molecular complexity index is 3730. The first-order chi connectivity index (χ1) is 29.5. The van der Waals surface area contributed by atoms with E-state index in [2.05, 4.69) is 200 Å². The molecule has 1 aliphatic rings. The molecule has 1 aliphatic carbocycles. The molecule has 12 aromatic rings. The highest BCUT2D eigenvalue weighted by Gasteiger charge is 2.38. The van der Waals surface area contributed by atoms with Crippen LogP contribution in [0.1, 0.15) is 25.0 Å². The number of rotatable bonds is 4. The van der Waals surface area contributed by atoms with Crippen LogP contribution in [0, 0.1) is 0 Å². The van der Waals surface area contributed by atoms with E-state index in [-0.39, 0.29) is 5.41 Å². The van der Waals surface area contributed by atoms with Crippen molar-refractivity contribution in [3.63, 3.8) is 0 Å². The van der Waals surface area contributed by atoms with Crippen molar-refractivity contribution in [2.24, 2.45) is 0 Å². The highest BCUT2D eigenvalue weighted by Crippen LogP contribution is 2.54. The van der Waals surface area contributed by atoms with Crippen molar-refractivity contribution >= 4 is 75.3 Å². The number of hydrogen-bond donors (Lipinski definition) is 0. The highest BCUT2D eigenvalue weighted by molar-refractivity contribution is 7.25. The van der Waals surface area contributed by atoms with E-state index in [9.17, 15) is 0 Å². The molecule has 282 valence electrons. The second kappa shape index (κ2) is 12.4. The molecule has 0 bridgehead atoms. The zero-order chi connectivity index (χ0) is 39.7. The lowest BCUT2D eigenvalue weighted by molar-refractivity contribution is 0.666. The van der Waals surface area contributed by atoms with E-state index in [4.69, 9.17) is 4.42 Å². The highest BCUT2D eigenvalue weighted by atomic mass is 32.1. The van der Waals surface area contributed by atoms with Crippen LogP contribution in [0.15, 0.2) is 192 Å². The van der Waals surface area contributed by atoms with Gasteiger partial charge < -0.3 is 8.98 Å². The number of para-hydroxylation sites is 2. The lowest BCUT2D eigenvalue weighted by Crippen LogP contribution is -2.15. The molecule has 0 atom stereocenters. The van der Waals surface area contributed by atoms with Crippen molar-refractivity contribution in [1.29, 1.82) is 0 Å². The van der Waals surface area contributed by atoms with Crippen molar-refractivity contribution in [2.75, 3.05) is 0 Å². The van der Waals surface area contributed by atoms with E-state index >= 15 is 0 Å². The van der Waals surface area contributed by atoms with Crippen molar-refractivity contribution in [3.8, 4) is 50.2 Å². The maximum absolute atomic E-state index is 6.56. The van der Waals surface area contributed by atoms with E-state index in [1.54, 1.807) is 0 Å². The molecule has 0 radical (unpaired) electrons. The van der Waals surface area contributed by atoms with Gasteiger partial charge in [0, 0.05) is 58.4 Å². The first-order valence-corrected chi connectivity index (χ1v) is 21.6. The Morgan fingerprint density at radius 3 is 1.88 bits per heavy atom. The summed E-state index contributed by atoms with van der Waals surface area (Å²) in [6, 6.07) is 69.2. The molecule has 3 aromatic heterocycles. The maximum Gasteiger partial charge on any atom is 0.143 e. The molecular weight excluding hydrogens is 747 g/mol. The number of fused-ring (bicyclic) bond motifs is 13. The standard InChI is InChI=1S/C57H37NOS/c1-57(2)48-33-39(25-26-41(48)43-27-30-53-54(55(43)57)45-14-7-9-18-52(45)60-53)58-49-28-23-37(36-21-19-35(20-22-36)34-11-4-3-5-12-34)31-46(49)47-32-38(24-29-50(47)58)40-15-10-16-44-42-13-6-8-17-51(42)59-56(40)44/h3-33H,1-2H3. The molecule has 0 saturated heterocycles. The Labute approximate surface area is 351 Å². The summed E-state index contributed by atoms with van der Waals surface area (Å²) in [6.45, 7) is 4.83. The number of nitrogens with zero attached hydrogens (tertiary/aromatic N) is 1. The summed E-state index contributed by atoms with van der Waals surface area (Å²) >= 11 is 1.90. The van der Waals surface area contributed by atoms with Gasteiger partial charge in [0.1, 0.15) is 11.2 Å². The van der Waals surface area contributed by atoms with Crippen LogP contribution in [0.25, 0.3) is 114 Å². The van der Waals surface area contributed by atoms with E-state index in [1.807, 2.05) is 17.4 Å². The van der Waals surface area contributed by atoms with Gasteiger partial charge in [0.25, 0.3) is 0 Å². The number of benzene rings is 9. The van der Waals surface area contributed by atoms with E-state index in [1.165, 1.54) is 92.2 Å². The van der Waals surface area contributed by atoms with E-state index in [0.29, 0.717) is 0 Å². The molecule has 2 nitrogen and oxygen atoms in total. The van der Waals surface area contributed by atoms with E-state index in [0.717, 1.165) is 33.1 Å². The third-order valence-corrected chi connectivity index (χ3v) is 14.3. The smallest absolute Gasteiger partial charge is 0.143 e. The van der Waals surface area contributed by atoms with Gasteiger partial charge in [0.05, 0.1) is 11.0 Å². The van der Waals surface area contributed by atoms with Crippen LogP contribution >= 0.6 is 11.3 Å². The van der Waals surface area contributed by atoms with E-state index < -0.39 is 0 Å². The Morgan fingerprint density at radius 2 is 1.07 bits per heavy atom. The molecule has 9 aromatic carbocycles. The lowest BCUT2D eigenvalue weighted by atomic mass is 9.80. The second-order valence-electron chi connectivity index (χ2n) is 16.8. The molecule has 0 N–H and O–H groups in total. The van der Waals surface area contributed by atoms with Crippen LogP contribution in [0.2, 0.25) is 0 Å². The third-order valence-electron chi connectivity index (χ3n) is 13.2. The fourth-order valence-electron chi connectivity index (χ4n) is 10.4. The van der Waals surface area contributed by atoms with Gasteiger partial charge in [-0.1, -0.05) is 147 Å². The van der Waals surface area contributed by atoms with Crippen LogP contribution < -0.4 is 0 Å². The largest absolute Gasteiger partial charge is 0.455 e. The summed E-state index contributed by atoms with van der Waals surface area (Å²) in [5.41, 5.74) is 17.8. The normalized spacial score (nSPS) is 13.3. The Kier molecular flexibility index (Phi) is 6.98. The van der Waals surface area contributed by atoms with Crippen LogP contribution in [-0.2, 0) is 5.41 Å². The van der Waals surface area contributed by atoms with Gasteiger partial charge in [-0.05, 0) is 105 Å². The Balaban J connectivity index is 1.01. The zero-order valence-corrected chi connectivity index (χ0v) is 34.0.